The first-order valence-corrected chi connectivity index (χ1v) is 5.51. The molecule has 3 rings (SSSR count). The van der Waals surface area contributed by atoms with Crippen LogP contribution in [0, 0.1) is 0 Å². The minimum Gasteiger partial charge on any atom is -0.496 e. The van der Waals surface area contributed by atoms with Crippen molar-refractivity contribution in [2.45, 2.75) is 31.8 Å². The Morgan fingerprint density at radius 3 is 3.13 bits per heavy atom. The molecule has 1 aliphatic heterocycles. The lowest BCUT2D eigenvalue weighted by atomic mass is 9.86. The summed E-state index contributed by atoms with van der Waals surface area (Å²) in [5.41, 5.74) is 4.22. The Bertz CT molecular complexity index is 403. The molecule has 1 atom stereocenters. The van der Waals surface area contributed by atoms with E-state index in [1.165, 1.54) is 29.5 Å². The molecule has 2 aliphatic rings. The first-order chi connectivity index (χ1) is 7.31. The summed E-state index contributed by atoms with van der Waals surface area (Å²) in [4.78, 5) is 0. The van der Waals surface area contributed by atoms with Gasteiger partial charge >= 0.3 is 0 Å². The molecule has 0 aromatic heterocycles. The fourth-order valence-corrected chi connectivity index (χ4v) is 2.95. The van der Waals surface area contributed by atoms with Gasteiger partial charge in [0.05, 0.1) is 13.2 Å². The summed E-state index contributed by atoms with van der Waals surface area (Å²) in [6.45, 7) is 0.886. The maximum Gasteiger partial charge on any atom is 0.122 e. The second kappa shape index (κ2) is 3.22. The Balaban J connectivity index is 2.19. The van der Waals surface area contributed by atoms with E-state index < -0.39 is 0 Å². The molecule has 2 N–H and O–H groups in total. The van der Waals surface area contributed by atoms with Gasteiger partial charge in [-0.05, 0) is 42.0 Å². The van der Waals surface area contributed by atoms with Gasteiger partial charge in [0.25, 0.3) is 0 Å². The number of benzene rings is 1. The van der Waals surface area contributed by atoms with E-state index >= 15 is 0 Å². The lowest BCUT2D eigenvalue weighted by Gasteiger charge is -2.26. The predicted octanol–water partition coefficient (Wildman–Crippen LogP) is 1.76. The number of hydrogen-bond acceptors (Lipinski definition) is 3. The summed E-state index contributed by atoms with van der Waals surface area (Å²) in [5.74, 6) is 7.06. The molecule has 1 heterocycles. The molecule has 1 unspecified atom stereocenters. The van der Waals surface area contributed by atoms with Gasteiger partial charge in [-0.2, -0.15) is 0 Å². The summed E-state index contributed by atoms with van der Waals surface area (Å²) < 4.78 is 5.42. The summed E-state index contributed by atoms with van der Waals surface area (Å²) in [6.07, 6.45) is 3.53. The highest BCUT2D eigenvalue weighted by molar-refractivity contribution is 5.50. The van der Waals surface area contributed by atoms with Crippen LogP contribution < -0.4 is 10.6 Å². The van der Waals surface area contributed by atoms with Crippen molar-refractivity contribution in [2.75, 3.05) is 7.11 Å². The second-order valence-corrected chi connectivity index (χ2v) is 4.40. The molecule has 0 spiro atoms. The van der Waals surface area contributed by atoms with E-state index in [2.05, 4.69) is 12.1 Å². The maximum absolute atomic E-state index is 6.03. The number of nitrogens with zero attached hydrogens (tertiary/aromatic N) is 1. The topological polar surface area (TPSA) is 38.5 Å². The molecule has 0 amide bonds. The molecule has 80 valence electrons. The number of methoxy groups -OCH3 is 1. The van der Waals surface area contributed by atoms with E-state index in [1.54, 1.807) is 7.11 Å². The van der Waals surface area contributed by atoms with Crippen LogP contribution in [0.15, 0.2) is 12.1 Å². The molecule has 0 radical (unpaired) electrons. The molecule has 0 saturated heterocycles. The van der Waals surface area contributed by atoms with Crippen molar-refractivity contribution in [3.05, 3.63) is 28.8 Å². The Morgan fingerprint density at radius 1 is 1.47 bits per heavy atom. The molecule has 1 aromatic carbocycles. The van der Waals surface area contributed by atoms with Gasteiger partial charge in [0.1, 0.15) is 5.75 Å². The standard InChI is InChI=1S/C12H16N2O/c1-15-11-6-5-8-7-14(13)10-4-2-3-9(11)12(8)10/h5-6,10H,2-4,7,13H2,1H3. The molecule has 0 fully saturated rings. The average Bonchev–Trinajstić information content (AvgIpc) is 2.59. The van der Waals surface area contributed by atoms with Gasteiger partial charge in [-0.3, -0.25) is 5.84 Å². The van der Waals surface area contributed by atoms with Gasteiger partial charge < -0.3 is 4.74 Å². The van der Waals surface area contributed by atoms with Crippen molar-refractivity contribution in [3.8, 4) is 5.75 Å². The summed E-state index contributed by atoms with van der Waals surface area (Å²) in [7, 11) is 1.75. The monoisotopic (exact) mass is 204 g/mol. The number of hydrogen-bond donors (Lipinski definition) is 1. The third-order valence-corrected chi connectivity index (χ3v) is 3.62. The van der Waals surface area contributed by atoms with Crippen molar-refractivity contribution in [1.29, 1.82) is 0 Å². The van der Waals surface area contributed by atoms with Gasteiger partial charge in [-0.15, -0.1) is 0 Å². The van der Waals surface area contributed by atoms with Crippen LogP contribution in [0.3, 0.4) is 0 Å². The Kier molecular flexibility index (Phi) is 1.97. The van der Waals surface area contributed by atoms with E-state index in [-0.39, 0.29) is 0 Å². The number of ether oxygens (including phenoxy) is 1. The minimum absolute atomic E-state index is 0.429. The smallest absolute Gasteiger partial charge is 0.122 e. The highest BCUT2D eigenvalue weighted by Gasteiger charge is 2.34. The van der Waals surface area contributed by atoms with Crippen molar-refractivity contribution in [2.24, 2.45) is 5.84 Å². The van der Waals surface area contributed by atoms with E-state index in [9.17, 15) is 0 Å². The molecule has 3 heteroatoms. The molecule has 1 aliphatic carbocycles. The van der Waals surface area contributed by atoms with Crippen LogP contribution in [0.4, 0.5) is 0 Å². The van der Waals surface area contributed by atoms with Crippen LogP contribution in [0.5, 0.6) is 5.75 Å². The van der Waals surface area contributed by atoms with Gasteiger partial charge in [-0.25, -0.2) is 5.01 Å². The third kappa shape index (κ3) is 1.20. The van der Waals surface area contributed by atoms with Gasteiger partial charge in [0.15, 0.2) is 0 Å². The Hall–Kier alpha value is -1.06. The third-order valence-electron chi connectivity index (χ3n) is 3.62. The van der Waals surface area contributed by atoms with Crippen LogP contribution in [0.2, 0.25) is 0 Å². The van der Waals surface area contributed by atoms with Crippen molar-refractivity contribution < 1.29 is 4.74 Å². The van der Waals surface area contributed by atoms with E-state index in [4.69, 9.17) is 10.6 Å². The van der Waals surface area contributed by atoms with Crippen molar-refractivity contribution in [1.82, 2.24) is 5.01 Å². The van der Waals surface area contributed by atoms with E-state index in [0.29, 0.717) is 6.04 Å². The minimum atomic E-state index is 0.429. The molecule has 0 bridgehead atoms. The molecule has 15 heavy (non-hydrogen) atoms. The average molecular weight is 204 g/mol. The van der Waals surface area contributed by atoms with Crippen LogP contribution in [-0.2, 0) is 13.0 Å². The zero-order valence-electron chi connectivity index (χ0n) is 8.99. The largest absolute Gasteiger partial charge is 0.496 e. The summed E-state index contributed by atoms with van der Waals surface area (Å²) in [5, 5.41) is 1.97. The van der Waals surface area contributed by atoms with Crippen LogP contribution in [0.25, 0.3) is 0 Å². The second-order valence-electron chi connectivity index (χ2n) is 4.40. The van der Waals surface area contributed by atoms with Crippen molar-refractivity contribution in [3.63, 3.8) is 0 Å². The van der Waals surface area contributed by atoms with Gasteiger partial charge in [0.2, 0.25) is 0 Å². The fourth-order valence-electron chi connectivity index (χ4n) is 2.95. The highest BCUT2D eigenvalue weighted by Crippen LogP contribution is 2.44. The molecular weight excluding hydrogens is 188 g/mol. The number of rotatable bonds is 1. The first kappa shape index (κ1) is 9.19. The molecule has 3 nitrogen and oxygen atoms in total. The van der Waals surface area contributed by atoms with Crippen LogP contribution in [0.1, 0.15) is 35.6 Å². The zero-order chi connectivity index (χ0) is 10.4. The van der Waals surface area contributed by atoms with Crippen LogP contribution >= 0.6 is 0 Å². The SMILES string of the molecule is COc1ccc2c3c1CCCC3N(N)C2. The molecule has 0 saturated carbocycles. The molecule has 1 aromatic rings. The van der Waals surface area contributed by atoms with E-state index in [0.717, 1.165) is 18.7 Å². The van der Waals surface area contributed by atoms with E-state index in [1.807, 2.05) is 5.01 Å². The number of hydrazine groups is 1. The molecular formula is C12H16N2O. The number of nitrogens with two attached hydrogens (primary N) is 1. The van der Waals surface area contributed by atoms with Gasteiger partial charge in [0, 0.05) is 6.54 Å². The zero-order valence-corrected chi connectivity index (χ0v) is 8.99. The Morgan fingerprint density at radius 2 is 2.33 bits per heavy atom. The first-order valence-electron chi connectivity index (χ1n) is 5.51. The summed E-state index contributed by atoms with van der Waals surface area (Å²) >= 11 is 0. The maximum atomic E-state index is 6.03. The van der Waals surface area contributed by atoms with Crippen LogP contribution in [-0.4, -0.2) is 12.1 Å². The predicted molar refractivity (Wildman–Crippen MR) is 58.4 cm³/mol. The van der Waals surface area contributed by atoms with Crippen molar-refractivity contribution >= 4 is 0 Å². The van der Waals surface area contributed by atoms with Gasteiger partial charge in [-0.1, -0.05) is 6.07 Å². The lowest BCUT2D eigenvalue weighted by molar-refractivity contribution is 0.202. The lowest BCUT2D eigenvalue weighted by Crippen LogP contribution is -2.30. The summed E-state index contributed by atoms with van der Waals surface area (Å²) in [6, 6.07) is 4.66. The fraction of sp³-hybridized carbons (Fsp3) is 0.500. The normalized spacial score (nSPS) is 24.0. The quantitative estimate of drug-likeness (QED) is 0.708. The highest BCUT2D eigenvalue weighted by atomic mass is 16.5. The Labute approximate surface area is 89.8 Å².